The molecule has 0 spiro atoms. The summed E-state index contributed by atoms with van der Waals surface area (Å²) in [5, 5.41) is 4.37. The molecule has 1 aromatic rings. The Labute approximate surface area is 124 Å². The van der Waals surface area contributed by atoms with Crippen LogP contribution < -0.4 is 5.73 Å². The molecule has 20 heavy (non-hydrogen) atoms. The van der Waals surface area contributed by atoms with E-state index in [1.165, 1.54) is 64.2 Å². The number of aromatic nitrogens is 2. The first-order valence-electron chi connectivity index (χ1n) is 8.49. The Morgan fingerprint density at radius 1 is 1.00 bits per heavy atom. The third-order valence-electron chi connectivity index (χ3n) is 3.98. The van der Waals surface area contributed by atoms with Crippen molar-refractivity contribution in [2.45, 2.75) is 83.6 Å². The van der Waals surface area contributed by atoms with Crippen LogP contribution in [0.5, 0.6) is 0 Å². The van der Waals surface area contributed by atoms with E-state index >= 15 is 0 Å². The van der Waals surface area contributed by atoms with E-state index in [1.54, 1.807) is 0 Å². The Balaban J connectivity index is 1.89. The molecular weight excluding hydrogens is 246 g/mol. The minimum atomic E-state index is 0.116. The summed E-state index contributed by atoms with van der Waals surface area (Å²) >= 11 is 0. The van der Waals surface area contributed by atoms with E-state index in [1.807, 2.05) is 24.0 Å². The van der Waals surface area contributed by atoms with Crippen LogP contribution in [0.3, 0.4) is 0 Å². The lowest BCUT2D eigenvalue weighted by molar-refractivity contribution is 0.522. The first-order chi connectivity index (χ1) is 9.74. The first kappa shape index (κ1) is 17.2. The molecule has 0 fully saturated rings. The predicted molar refractivity (Wildman–Crippen MR) is 86.6 cm³/mol. The zero-order valence-corrected chi connectivity index (χ0v) is 13.5. The minimum Gasteiger partial charge on any atom is -0.323 e. The van der Waals surface area contributed by atoms with Crippen LogP contribution in [0.2, 0.25) is 0 Å². The van der Waals surface area contributed by atoms with Crippen LogP contribution >= 0.6 is 0 Å². The number of hydrogen-bond donors (Lipinski definition) is 1. The Bertz CT molecular complexity index is 333. The molecule has 0 saturated heterocycles. The van der Waals surface area contributed by atoms with Gasteiger partial charge in [0.25, 0.3) is 0 Å². The van der Waals surface area contributed by atoms with Gasteiger partial charge < -0.3 is 5.73 Å². The first-order valence-corrected chi connectivity index (χ1v) is 8.49. The molecule has 0 saturated carbocycles. The molecule has 0 aliphatic rings. The normalized spacial score (nSPS) is 12.8. The summed E-state index contributed by atoms with van der Waals surface area (Å²) in [6.07, 6.45) is 16.8. The van der Waals surface area contributed by atoms with Gasteiger partial charge in [0.2, 0.25) is 0 Å². The van der Waals surface area contributed by atoms with Gasteiger partial charge in [0, 0.05) is 19.3 Å². The fraction of sp³-hybridized carbons (Fsp3) is 0.824. The third kappa shape index (κ3) is 7.68. The van der Waals surface area contributed by atoms with Gasteiger partial charge in [-0.1, -0.05) is 71.1 Å². The molecule has 0 radical (unpaired) electrons. The average Bonchev–Trinajstić information content (AvgIpc) is 2.87. The van der Waals surface area contributed by atoms with Crippen molar-refractivity contribution in [3.8, 4) is 0 Å². The highest BCUT2D eigenvalue weighted by molar-refractivity contribution is 5.04. The molecule has 0 aliphatic heterocycles. The van der Waals surface area contributed by atoms with Gasteiger partial charge in [-0.2, -0.15) is 5.10 Å². The van der Waals surface area contributed by atoms with Crippen molar-refractivity contribution in [2.75, 3.05) is 0 Å². The van der Waals surface area contributed by atoms with Gasteiger partial charge in [-0.3, -0.25) is 4.68 Å². The zero-order chi connectivity index (χ0) is 14.6. The lowest BCUT2D eigenvalue weighted by Gasteiger charge is -2.08. The van der Waals surface area contributed by atoms with E-state index in [0.29, 0.717) is 0 Å². The monoisotopic (exact) mass is 279 g/mol. The van der Waals surface area contributed by atoms with E-state index in [0.717, 1.165) is 12.1 Å². The van der Waals surface area contributed by atoms with Gasteiger partial charge >= 0.3 is 0 Å². The van der Waals surface area contributed by atoms with Crippen molar-refractivity contribution >= 4 is 0 Å². The minimum absolute atomic E-state index is 0.116. The molecule has 0 aliphatic carbocycles. The number of rotatable bonds is 12. The number of aryl methyl sites for hydroxylation is 1. The van der Waals surface area contributed by atoms with E-state index < -0.39 is 0 Å². The van der Waals surface area contributed by atoms with Crippen LogP contribution in [0, 0.1) is 0 Å². The Morgan fingerprint density at radius 3 is 2.05 bits per heavy atom. The molecule has 0 aromatic carbocycles. The van der Waals surface area contributed by atoms with E-state index in [-0.39, 0.29) is 6.04 Å². The Morgan fingerprint density at radius 2 is 1.55 bits per heavy atom. The van der Waals surface area contributed by atoms with E-state index in [4.69, 9.17) is 5.73 Å². The molecule has 1 atom stereocenters. The van der Waals surface area contributed by atoms with Gasteiger partial charge in [0.05, 0.1) is 5.69 Å². The summed E-state index contributed by atoms with van der Waals surface area (Å²) in [4.78, 5) is 0. The lowest BCUT2D eigenvalue weighted by atomic mass is 10.0. The molecule has 0 amide bonds. The summed E-state index contributed by atoms with van der Waals surface area (Å²) in [5.74, 6) is 0. The average molecular weight is 279 g/mol. The number of hydrogen-bond acceptors (Lipinski definition) is 2. The second-order valence-corrected chi connectivity index (χ2v) is 5.99. The lowest BCUT2D eigenvalue weighted by Crippen LogP contribution is -2.11. The summed E-state index contributed by atoms with van der Waals surface area (Å²) in [7, 11) is 1.94. The summed E-state index contributed by atoms with van der Waals surface area (Å²) in [6, 6.07) is 2.14. The molecule has 0 bridgehead atoms. The topological polar surface area (TPSA) is 43.8 Å². The van der Waals surface area contributed by atoms with Crippen LogP contribution in [0.15, 0.2) is 12.3 Å². The Hall–Kier alpha value is -0.830. The summed E-state index contributed by atoms with van der Waals surface area (Å²) < 4.78 is 1.83. The molecule has 1 heterocycles. The largest absolute Gasteiger partial charge is 0.323 e. The van der Waals surface area contributed by atoms with Crippen molar-refractivity contribution < 1.29 is 0 Å². The van der Waals surface area contributed by atoms with Gasteiger partial charge in [0.1, 0.15) is 0 Å². The molecule has 1 rings (SSSR count). The number of nitrogens with two attached hydrogens (primary N) is 1. The predicted octanol–water partition coefficient (Wildman–Crippen LogP) is 4.73. The molecule has 3 heteroatoms. The zero-order valence-electron chi connectivity index (χ0n) is 13.5. The van der Waals surface area contributed by atoms with Crippen molar-refractivity contribution in [1.82, 2.24) is 9.78 Å². The van der Waals surface area contributed by atoms with Crippen molar-refractivity contribution in [3.05, 3.63) is 18.0 Å². The highest BCUT2D eigenvalue weighted by Gasteiger charge is 2.07. The van der Waals surface area contributed by atoms with Gasteiger partial charge in [-0.25, -0.2) is 0 Å². The summed E-state index contributed by atoms with van der Waals surface area (Å²) in [5.41, 5.74) is 7.17. The fourth-order valence-electron chi connectivity index (χ4n) is 2.63. The molecule has 3 nitrogen and oxygen atoms in total. The van der Waals surface area contributed by atoms with Crippen molar-refractivity contribution in [3.63, 3.8) is 0 Å². The van der Waals surface area contributed by atoms with Crippen LogP contribution in [0.1, 0.15) is 89.3 Å². The summed E-state index contributed by atoms with van der Waals surface area (Å²) in [6.45, 7) is 2.27. The standard InChI is InChI=1S/C17H33N3/c1-3-4-5-6-7-8-9-10-11-12-13-16(18)17-14-15-20(2)19-17/h14-16H,3-13,18H2,1-2H3. The van der Waals surface area contributed by atoms with Gasteiger partial charge in [-0.05, 0) is 12.5 Å². The van der Waals surface area contributed by atoms with Crippen molar-refractivity contribution in [2.24, 2.45) is 12.8 Å². The van der Waals surface area contributed by atoms with Crippen LogP contribution in [0.25, 0.3) is 0 Å². The maximum Gasteiger partial charge on any atom is 0.0791 e. The smallest absolute Gasteiger partial charge is 0.0791 e. The van der Waals surface area contributed by atoms with Crippen LogP contribution in [-0.4, -0.2) is 9.78 Å². The second-order valence-electron chi connectivity index (χ2n) is 5.99. The maximum absolute atomic E-state index is 6.14. The quantitative estimate of drug-likeness (QED) is 0.562. The van der Waals surface area contributed by atoms with E-state index in [9.17, 15) is 0 Å². The maximum atomic E-state index is 6.14. The van der Waals surface area contributed by atoms with Crippen LogP contribution in [-0.2, 0) is 7.05 Å². The number of unbranched alkanes of at least 4 members (excludes halogenated alkanes) is 9. The number of nitrogens with zero attached hydrogens (tertiary/aromatic N) is 2. The molecule has 116 valence electrons. The third-order valence-corrected chi connectivity index (χ3v) is 3.98. The van der Waals surface area contributed by atoms with Gasteiger partial charge in [0.15, 0.2) is 0 Å². The molecule has 1 unspecified atom stereocenters. The van der Waals surface area contributed by atoms with Gasteiger partial charge in [-0.15, -0.1) is 0 Å². The molecule has 2 N–H and O–H groups in total. The van der Waals surface area contributed by atoms with E-state index in [2.05, 4.69) is 12.0 Å². The highest BCUT2D eigenvalue weighted by atomic mass is 15.3. The van der Waals surface area contributed by atoms with Crippen molar-refractivity contribution in [1.29, 1.82) is 0 Å². The second kappa shape index (κ2) is 10.9. The van der Waals surface area contributed by atoms with Crippen LogP contribution in [0.4, 0.5) is 0 Å². The molecule has 1 aromatic heterocycles. The fourth-order valence-corrected chi connectivity index (χ4v) is 2.63. The molecular formula is C17H33N3. The SMILES string of the molecule is CCCCCCCCCCCCC(N)c1ccn(C)n1. The highest BCUT2D eigenvalue weighted by Crippen LogP contribution is 2.16. The Kier molecular flexibility index (Phi) is 9.38.